The summed E-state index contributed by atoms with van der Waals surface area (Å²) < 4.78 is 6.68. The molecule has 0 spiro atoms. The average Bonchev–Trinajstić information content (AvgIpc) is 2.99. The number of hydrogen-bond acceptors (Lipinski definition) is 6. The van der Waals surface area contributed by atoms with Crippen LogP contribution in [0.3, 0.4) is 0 Å². The number of nitrogens with zero attached hydrogens (tertiary/aromatic N) is 4. The molecular weight excluding hydrogens is 330 g/mol. The Balaban J connectivity index is 0.00000169. The zero-order valence-electron chi connectivity index (χ0n) is 13.2. The van der Waals surface area contributed by atoms with E-state index in [1.807, 2.05) is 18.2 Å². The summed E-state index contributed by atoms with van der Waals surface area (Å²) in [6, 6.07) is 7.40. The van der Waals surface area contributed by atoms with Gasteiger partial charge in [-0.05, 0) is 25.3 Å². The van der Waals surface area contributed by atoms with Crippen LogP contribution in [0, 0.1) is 0 Å². The molecule has 0 radical (unpaired) electrons. The summed E-state index contributed by atoms with van der Waals surface area (Å²) in [6.07, 6.45) is 3.23. The van der Waals surface area contributed by atoms with Gasteiger partial charge in [-0.25, -0.2) is 4.68 Å². The van der Waals surface area contributed by atoms with Crippen LogP contribution in [-0.2, 0) is 19.0 Å². The van der Waals surface area contributed by atoms with E-state index >= 15 is 0 Å². The number of benzene rings is 1. The first-order valence-electron chi connectivity index (χ1n) is 7.64. The SMILES string of the molecule is Cl.Cn1nc(Cc2nc(C3(N)CCC3)no2)c2ccccc2c1=O. The van der Waals surface area contributed by atoms with E-state index < -0.39 is 5.54 Å². The summed E-state index contributed by atoms with van der Waals surface area (Å²) in [5, 5.41) is 9.81. The molecule has 1 aromatic carbocycles. The van der Waals surface area contributed by atoms with Crippen molar-refractivity contribution in [2.45, 2.75) is 31.2 Å². The smallest absolute Gasteiger partial charge is 0.274 e. The lowest BCUT2D eigenvalue weighted by Gasteiger charge is -2.34. The minimum atomic E-state index is -0.444. The topological polar surface area (TPSA) is 99.8 Å². The molecule has 1 saturated carbocycles. The number of aryl methyl sites for hydroxylation is 1. The number of aromatic nitrogens is 4. The molecule has 2 aromatic heterocycles. The van der Waals surface area contributed by atoms with Gasteiger partial charge in [-0.1, -0.05) is 23.4 Å². The first-order valence-corrected chi connectivity index (χ1v) is 7.64. The summed E-state index contributed by atoms with van der Waals surface area (Å²) in [4.78, 5) is 16.6. The van der Waals surface area contributed by atoms with Crippen molar-refractivity contribution in [3.8, 4) is 0 Å². The quantitative estimate of drug-likeness (QED) is 0.773. The summed E-state index contributed by atoms with van der Waals surface area (Å²) >= 11 is 0. The molecule has 1 fully saturated rings. The Kier molecular flexibility index (Phi) is 4.15. The Bertz CT molecular complexity index is 945. The maximum atomic E-state index is 12.1. The molecular formula is C16H18ClN5O2. The first-order chi connectivity index (χ1) is 11.1. The normalized spacial score (nSPS) is 15.8. The fourth-order valence-corrected chi connectivity index (χ4v) is 2.96. The van der Waals surface area contributed by atoms with Crippen molar-refractivity contribution >= 4 is 23.2 Å². The molecule has 2 heterocycles. The number of hydrogen-bond donors (Lipinski definition) is 1. The molecule has 1 aliphatic rings. The van der Waals surface area contributed by atoms with Gasteiger partial charge >= 0.3 is 0 Å². The Labute approximate surface area is 144 Å². The molecule has 0 atom stereocenters. The van der Waals surface area contributed by atoms with Gasteiger partial charge in [-0.15, -0.1) is 12.4 Å². The van der Waals surface area contributed by atoms with Gasteiger partial charge in [0.25, 0.3) is 5.56 Å². The average molecular weight is 348 g/mol. The molecule has 0 aliphatic heterocycles. The molecule has 0 bridgehead atoms. The van der Waals surface area contributed by atoms with Crippen molar-refractivity contribution in [2.75, 3.05) is 0 Å². The van der Waals surface area contributed by atoms with Crippen LogP contribution in [0.2, 0.25) is 0 Å². The highest BCUT2D eigenvalue weighted by atomic mass is 35.5. The second-order valence-corrected chi connectivity index (χ2v) is 6.12. The maximum Gasteiger partial charge on any atom is 0.274 e. The number of rotatable bonds is 3. The monoisotopic (exact) mass is 347 g/mol. The van der Waals surface area contributed by atoms with Crippen LogP contribution in [0.5, 0.6) is 0 Å². The molecule has 0 amide bonds. The highest BCUT2D eigenvalue weighted by Gasteiger charge is 2.39. The number of nitrogens with two attached hydrogens (primary N) is 1. The number of fused-ring (bicyclic) bond motifs is 1. The first kappa shape index (κ1) is 16.6. The molecule has 8 heteroatoms. The second kappa shape index (κ2) is 5.99. The minimum Gasteiger partial charge on any atom is -0.339 e. The van der Waals surface area contributed by atoms with Gasteiger partial charge in [0.05, 0.1) is 23.0 Å². The lowest BCUT2D eigenvalue weighted by molar-refractivity contribution is 0.229. The molecule has 2 N–H and O–H groups in total. The summed E-state index contributed by atoms with van der Waals surface area (Å²) in [5.41, 5.74) is 6.39. The molecule has 7 nitrogen and oxygen atoms in total. The van der Waals surface area contributed by atoms with Crippen LogP contribution >= 0.6 is 12.4 Å². The van der Waals surface area contributed by atoms with E-state index in [2.05, 4.69) is 15.2 Å². The maximum absolute atomic E-state index is 12.1. The van der Waals surface area contributed by atoms with Crippen molar-refractivity contribution in [2.24, 2.45) is 12.8 Å². The van der Waals surface area contributed by atoms with Gasteiger partial charge in [0.15, 0.2) is 5.82 Å². The zero-order chi connectivity index (χ0) is 16.0. The van der Waals surface area contributed by atoms with Crippen molar-refractivity contribution in [1.82, 2.24) is 19.9 Å². The van der Waals surface area contributed by atoms with Crippen LogP contribution in [-0.4, -0.2) is 19.9 Å². The molecule has 0 saturated heterocycles. The van der Waals surface area contributed by atoms with Crippen LogP contribution in [0.25, 0.3) is 10.8 Å². The van der Waals surface area contributed by atoms with E-state index in [4.69, 9.17) is 10.3 Å². The van der Waals surface area contributed by atoms with E-state index in [9.17, 15) is 4.79 Å². The molecule has 4 rings (SSSR count). The summed E-state index contributed by atoms with van der Waals surface area (Å²) in [5.74, 6) is 1.03. The van der Waals surface area contributed by atoms with E-state index in [0.29, 0.717) is 23.5 Å². The Hall–Kier alpha value is -2.25. The molecule has 3 aromatic rings. The third kappa shape index (κ3) is 2.59. The Morgan fingerprint density at radius 3 is 2.67 bits per heavy atom. The van der Waals surface area contributed by atoms with E-state index in [1.54, 1.807) is 13.1 Å². The largest absolute Gasteiger partial charge is 0.339 e. The van der Waals surface area contributed by atoms with Crippen molar-refractivity contribution in [3.63, 3.8) is 0 Å². The van der Waals surface area contributed by atoms with Gasteiger partial charge in [-0.2, -0.15) is 10.1 Å². The highest BCUT2D eigenvalue weighted by molar-refractivity contribution is 5.85. The minimum absolute atomic E-state index is 0. The van der Waals surface area contributed by atoms with E-state index in [-0.39, 0.29) is 18.0 Å². The standard InChI is InChI=1S/C16H17N5O2.ClH/c1-21-14(22)11-6-3-2-5-10(11)12(19-21)9-13-18-15(20-23-13)16(17)7-4-8-16;/h2-3,5-6H,4,7-9,17H2,1H3;1H. The van der Waals surface area contributed by atoms with Crippen molar-refractivity contribution < 1.29 is 4.52 Å². The predicted molar refractivity (Wildman–Crippen MR) is 91.1 cm³/mol. The Morgan fingerprint density at radius 2 is 2.00 bits per heavy atom. The van der Waals surface area contributed by atoms with Gasteiger partial charge in [0.2, 0.25) is 5.89 Å². The van der Waals surface area contributed by atoms with Crippen LogP contribution in [0.4, 0.5) is 0 Å². The van der Waals surface area contributed by atoms with E-state index in [1.165, 1.54) is 4.68 Å². The third-order valence-electron chi connectivity index (χ3n) is 4.51. The zero-order valence-corrected chi connectivity index (χ0v) is 14.0. The fraction of sp³-hybridized carbons (Fsp3) is 0.375. The van der Waals surface area contributed by atoms with Crippen LogP contribution in [0.1, 0.15) is 36.7 Å². The molecule has 24 heavy (non-hydrogen) atoms. The lowest BCUT2D eigenvalue weighted by atomic mass is 9.77. The highest BCUT2D eigenvalue weighted by Crippen LogP contribution is 2.37. The van der Waals surface area contributed by atoms with Gasteiger partial charge in [0, 0.05) is 12.4 Å². The molecule has 0 unspecified atom stereocenters. The van der Waals surface area contributed by atoms with Gasteiger partial charge in [0.1, 0.15) is 0 Å². The summed E-state index contributed by atoms with van der Waals surface area (Å²) in [6.45, 7) is 0. The molecule has 126 valence electrons. The van der Waals surface area contributed by atoms with Gasteiger partial charge < -0.3 is 10.3 Å². The number of halogens is 1. The Morgan fingerprint density at radius 1 is 1.29 bits per heavy atom. The van der Waals surface area contributed by atoms with E-state index in [0.717, 1.165) is 30.3 Å². The van der Waals surface area contributed by atoms with Crippen LogP contribution < -0.4 is 11.3 Å². The van der Waals surface area contributed by atoms with Crippen LogP contribution in [0.15, 0.2) is 33.6 Å². The van der Waals surface area contributed by atoms with Crippen molar-refractivity contribution in [1.29, 1.82) is 0 Å². The lowest BCUT2D eigenvalue weighted by Crippen LogP contribution is -2.44. The van der Waals surface area contributed by atoms with Gasteiger partial charge in [-0.3, -0.25) is 4.79 Å². The third-order valence-corrected chi connectivity index (χ3v) is 4.51. The molecule has 1 aliphatic carbocycles. The van der Waals surface area contributed by atoms with Crippen molar-refractivity contribution in [3.05, 3.63) is 52.0 Å². The predicted octanol–water partition coefficient (Wildman–Crippen LogP) is 1.67. The summed E-state index contributed by atoms with van der Waals surface area (Å²) in [7, 11) is 1.64. The second-order valence-electron chi connectivity index (χ2n) is 6.12. The fourth-order valence-electron chi connectivity index (χ4n) is 2.96.